The van der Waals surface area contributed by atoms with Crippen LogP contribution in [0, 0.1) is 5.92 Å². The van der Waals surface area contributed by atoms with Gasteiger partial charge in [-0.15, -0.1) is 11.3 Å². The third-order valence-electron chi connectivity index (χ3n) is 5.33. The third-order valence-corrected chi connectivity index (χ3v) is 7.67. The largest absolute Gasteiger partial charge is 0.366 e. The minimum Gasteiger partial charge on any atom is -0.366 e. The zero-order valence-electron chi connectivity index (χ0n) is 15.8. The Morgan fingerprint density at radius 1 is 1.42 bits per heavy atom. The van der Waals surface area contributed by atoms with Gasteiger partial charge >= 0.3 is 0 Å². The molecular weight excluding hydrogens is 366 g/mol. The summed E-state index contributed by atoms with van der Waals surface area (Å²) in [6.45, 7) is 8.74. The van der Waals surface area contributed by atoms with Crippen molar-refractivity contribution in [2.24, 2.45) is 13.0 Å². The molecule has 2 aromatic rings. The molecule has 1 fully saturated rings. The molecule has 1 unspecified atom stereocenters. The van der Waals surface area contributed by atoms with E-state index in [-0.39, 0.29) is 11.7 Å². The highest BCUT2D eigenvalue weighted by Gasteiger charge is 2.26. The molecule has 0 radical (unpaired) electrons. The number of nitrogens with zero attached hydrogens (tertiary/aromatic N) is 2. The van der Waals surface area contributed by atoms with E-state index in [2.05, 4.69) is 13.8 Å². The molecule has 2 aliphatic rings. The summed E-state index contributed by atoms with van der Waals surface area (Å²) in [5.74, 6) is 1.57. The first kappa shape index (κ1) is 18.5. The number of nitrogens with one attached hydrogen (secondary N) is 1. The van der Waals surface area contributed by atoms with E-state index in [1.165, 1.54) is 23.4 Å². The summed E-state index contributed by atoms with van der Waals surface area (Å²) in [4.78, 5) is 21.6. The first-order valence-electron chi connectivity index (χ1n) is 9.62. The molecule has 4 rings (SSSR count). The Morgan fingerprint density at radius 3 is 3.08 bits per heavy atom. The van der Waals surface area contributed by atoms with Gasteiger partial charge in [-0.3, -0.25) is 9.36 Å². The van der Waals surface area contributed by atoms with Crippen molar-refractivity contribution >= 4 is 33.3 Å². The highest BCUT2D eigenvalue weighted by atomic mass is 32.2. The van der Waals surface area contributed by atoms with Gasteiger partial charge in [0, 0.05) is 23.6 Å². The van der Waals surface area contributed by atoms with Gasteiger partial charge in [0.15, 0.2) is 5.16 Å². The molecule has 0 spiro atoms. The molecule has 1 aliphatic heterocycles. The smallest absolute Gasteiger partial charge is 0.262 e. The second kappa shape index (κ2) is 7.62. The third kappa shape index (κ3) is 3.59. The number of rotatable bonds is 5. The van der Waals surface area contributed by atoms with Crippen molar-refractivity contribution in [1.82, 2.24) is 9.55 Å². The molecule has 2 atom stereocenters. The minimum absolute atomic E-state index is 0.119. The van der Waals surface area contributed by atoms with Crippen LogP contribution in [-0.4, -0.2) is 47.6 Å². The van der Waals surface area contributed by atoms with Crippen LogP contribution < -0.4 is 10.5 Å². The highest BCUT2D eigenvalue weighted by Crippen LogP contribution is 2.35. The van der Waals surface area contributed by atoms with Gasteiger partial charge in [0.2, 0.25) is 0 Å². The number of hydrogen-bond acceptors (Lipinski definition) is 5. The molecule has 142 valence electrons. The Labute approximate surface area is 162 Å². The lowest BCUT2D eigenvalue weighted by atomic mass is 10.2. The van der Waals surface area contributed by atoms with Crippen molar-refractivity contribution < 1.29 is 9.64 Å². The van der Waals surface area contributed by atoms with E-state index < -0.39 is 0 Å². The van der Waals surface area contributed by atoms with E-state index in [1.54, 1.807) is 32.6 Å². The van der Waals surface area contributed by atoms with Gasteiger partial charge in [0.1, 0.15) is 24.0 Å². The molecule has 0 bridgehead atoms. The van der Waals surface area contributed by atoms with Crippen LogP contribution in [0.25, 0.3) is 10.2 Å². The quantitative estimate of drug-likeness (QED) is 0.617. The van der Waals surface area contributed by atoms with Crippen LogP contribution in [0.3, 0.4) is 0 Å². The zero-order valence-corrected chi connectivity index (χ0v) is 17.5. The zero-order chi connectivity index (χ0) is 18.3. The summed E-state index contributed by atoms with van der Waals surface area (Å²) in [5.41, 5.74) is 1.38. The van der Waals surface area contributed by atoms with Gasteiger partial charge < -0.3 is 9.64 Å². The van der Waals surface area contributed by atoms with Gasteiger partial charge in [-0.05, 0) is 24.8 Å². The number of ether oxygens (including phenoxy) is 1. The first-order chi connectivity index (χ1) is 12.5. The molecule has 5 nitrogen and oxygen atoms in total. The van der Waals surface area contributed by atoms with E-state index in [1.807, 2.05) is 7.05 Å². The fourth-order valence-corrected chi connectivity index (χ4v) is 6.42. The van der Waals surface area contributed by atoms with E-state index in [9.17, 15) is 4.79 Å². The number of thiophene rings is 1. The van der Waals surface area contributed by atoms with Crippen molar-refractivity contribution in [3.8, 4) is 0 Å². The van der Waals surface area contributed by atoms with Crippen LogP contribution >= 0.6 is 23.1 Å². The summed E-state index contributed by atoms with van der Waals surface area (Å²) < 4.78 is 7.70. The predicted octanol–water partition coefficient (Wildman–Crippen LogP) is 1.52. The van der Waals surface area contributed by atoms with Gasteiger partial charge in [0.25, 0.3) is 5.56 Å². The lowest BCUT2D eigenvalue weighted by Gasteiger charge is -2.31. The number of quaternary nitrogens is 1. The molecule has 1 aliphatic carbocycles. The monoisotopic (exact) mass is 394 g/mol. The summed E-state index contributed by atoms with van der Waals surface area (Å²) in [7, 11) is 1.86. The first-order valence-corrected chi connectivity index (χ1v) is 11.4. The second-order valence-corrected chi connectivity index (χ2v) is 9.97. The molecule has 0 saturated carbocycles. The average molecular weight is 395 g/mol. The topological polar surface area (TPSA) is 48.6 Å². The number of aryl methyl sites for hydroxylation is 2. The number of morpholine rings is 1. The molecule has 1 saturated heterocycles. The van der Waals surface area contributed by atoms with Gasteiger partial charge in [-0.1, -0.05) is 25.6 Å². The summed E-state index contributed by atoms with van der Waals surface area (Å²) in [6.07, 6.45) is 3.55. The van der Waals surface area contributed by atoms with E-state index in [0.717, 1.165) is 53.7 Å². The van der Waals surface area contributed by atoms with Gasteiger partial charge in [-0.2, -0.15) is 0 Å². The number of aromatic nitrogens is 2. The number of hydrogen-bond donors (Lipinski definition) is 1. The summed E-state index contributed by atoms with van der Waals surface area (Å²) in [5, 5.41) is 1.69. The van der Waals surface area contributed by atoms with E-state index in [0.29, 0.717) is 5.92 Å². The Morgan fingerprint density at radius 2 is 2.27 bits per heavy atom. The lowest BCUT2D eigenvalue weighted by molar-refractivity contribution is -0.914. The van der Waals surface area contributed by atoms with Gasteiger partial charge in [-0.25, -0.2) is 4.98 Å². The lowest BCUT2D eigenvalue weighted by Crippen LogP contribution is -3.15. The molecule has 2 aromatic heterocycles. The Kier molecular flexibility index (Phi) is 5.41. The van der Waals surface area contributed by atoms with Crippen molar-refractivity contribution in [3.63, 3.8) is 0 Å². The fraction of sp³-hybridized carbons (Fsp3) is 0.684. The van der Waals surface area contributed by atoms with Crippen molar-refractivity contribution in [3.05, 3.63) is 20.8 Å². The van der Waals surface area contributed by atoms with Crippen molar-refractivity contribution in [2.75, 3.05) is 32.0 Å². The molecule has 3 heterocycles. The number of thioether (sulfide) groups is 1. The van der Waals surface area contributed by atoms with Crippen molar-refractivity contribution in [2.45, 2.75) is 44.4 Å². The van der Waals surface area contributed by atoms with Crippen LogP contribution in [0.1, 0.15) is 30.7 Å². The standard InChI is InChI=1S/C19H27N3O2S2/c1-12(2)9-22-7-8-24-13(10-22)11-25-19-20-17-16(18(23)21(19)3)14-5-4-6-15(14)26-17/h12-13H,4-11H2,1-3H3/p+1/t13-/m1/s1. The van der Waals surface area contributed by atoms with Gasteiger partial charge in [0.05, 0.1) is 18.5 Å². The molecular formula is C19H28N3O2S2+. The highest BCUT2D eigenvalue weighted by molar-refractivity contribution is 7.99. The molecule has 0 aromatic carbocycles. The Bertz CT molecular complexity index is 859. The van der Waals surface area contributed by atoms with Crippen LogP contribution in [0.4, 0.5) is 0 Å². The number of fused-ring (bicyclic) bond motifs is 3. The Balaban J connectivity index is 1.49. The average Bonchev–Trinajstić information content (AvgIpc) is 3.17. The van der Waals surface area contributed by atoms with Crippen LogP contribution in [0.5, 0.6) is 0 Å². The predicted molar refractivity (Wildman–Crippen MR) is 108 cm³/mol. The maximum Gasteiger partial charge on any atom is 0.262 e. The Hall–Kier alpha value is -0.890. The van der Waals surface area contributed by atoms with Crippen LogP contribution in [0.15, 0.2) is 9.95 Å². The van der Waals surface area contributed by atoms with Crippen molar-refractivity contribution in [1.29, 1.82) is 0 Å². The molecule has 7 heteroatoms. The van der Waals surface area contributed by atoms with E-state index >= 15 is 0 Å². The summed E-state index contributed by atoms with van der Waals surface area (Å²) in [6, 6.07) is 0. The SMILES string of the molecule is CC(C)C[NH+]1CCO[C@@H](CSc2nc3sc4c(c3c(=O)n2C)CCC4)C1. The maximum absolute atomic E-state index is 12.9. The normalized spacial score (nSPS) is 23.1. The second-order valence-electron chi connectivity index (χ2n) is 7.90. The van der Waals surface area contributed by atoms with Crippen LogP contribution in [-0.2, 0) is 24.6 Å². The maximum atomic E-state index is 12.9. The fourth-order valence-electron chi connectivity index (χ4n) is 4.12. The van der Waals surface area contributed by atoms with E-state index in [4.69, 9.17) is 9.72 Å². The minimum atomic E-state index is 0.119. The molecule has 0 amide bonds. The molecule has 1 N–H and O–H groups in total. The molecule has 26 heavy (non-hydrogen) atoms. The summed E-state index contributed by atoms with van der Waals surface area (Å²) >= 11 is 3.38. The van der Waals surface area contributed by atoms with Crippen LogP contribution in [0.2, 0.25) is 0 Å².